The second kappa shape index (κ2) is 11.3. The number of oxazole rings is 1. The molecule has 2 aromatic rings. The second-order valence-electron chi connectivity index (χ2n) is 8.49. The molecule has 1 aromatic heterocycles. The van der Waals surface area contributed by atoms with Crippen molar-refractivity contribution in [3.8, 4) is 5.75 Å². The first-order valence-corrected chi connectivity index (χ1v) is 11.4. The summed E-state index contributed by atoms with van der Waals surface area (Å²) in [5.41, 5.74) is 1.85. The highest BCUT2D eigenvalue weighted by molar-refractivity contribution is 5.79. The van der Waals surface area contributed by atoms with E-state index in [1.165, 1.54) is 13.2 Å². The molecule has 32 heavy (non-hydrogen) atoms. The summed E-state index contributed by atoms with van der Waals surface area (Å²) in [4.78, 5) is 13.8. The summed E-state index contributed by atoms with van der Waals surface area (Å²) in [6.07, 6.45) is 2.21. The summed E-state index contributed by atoms with van der Waals surface area (Å²) >= 11 is 0. The van der Waals surface area contributed by atoms with Crippen molar-refractivity contribution in [3.05, 3.63) is 46.9 Å². The molecule has 0 spiro atoms. The molecule has 1 aliphatic rings. The number of aryl methyl sites for hydroxylation is 2. The maximum absolute atomic E-state index is 14.0. The first-order chi connectivity index (χ1) is 15.4. The van der Waals surface area contributed by atoms with E-state index in [1.807, 2.05) is 31.9 Å². The molecule has 7 nitrogen and oxygen atoms in total. The number of halogens is 1. The molecule has 3 rings (SSSR count). The fraction of sp³-hybridized carbons (Fsp3) is 0.583. The quantitative estimate of drug-likeness (QED) is 0.493. The summed E-state index contributed by atoms with van der Waals surface area (Å²) in [5, 5.41) is 3.35. The molecule has 0 amide bonds. The van der Waals surface area contributed by atoms with Gasteiger partial charge >= 0.3 is 0 Å². The molecule has 176 valence electrons. The number of nitrogens with one attached hydrogen (secondary N) is 1. The van der Waals surface area contributed by atoms with Crippen molar-refractivity contribution >= 4 is 5.96 Å². The standard InChI is InChI=1S/C24H36FN5O2/c1-6-26-24(29(4)15-20-7-8-22(31-5)21(25)13-20)27-14-19-9-11-30(12-10-19)16-23-28-17(2)18(3)32-23/h7-8,13,19H,6,9-12,14-16H2,1-5H3,(H,26,27). The van der Waals surface area contributed by atoms with E-state index >= 15 is 0 Å². The Balaban J connectivity index is 1.51. The average Bonchev–Trinajstić information content (AvgIpc) is 3.09. The van der Waals surface area contributed by atoms with Crippen LogP contribution in [-0.2, 0) is 13.1 Å². The lowest BCUT2D eigenvalue weighted by molar-refractivity contribution is 0.166. The van der Waals surface area contributed by atoms with Crippen molar-refractivity contribution in [2.45, 2.75) is 46.7 Å². The fourth-order valence-corrected chi connectivity index (χ4v) is 3.97. The Hall–Kier alpha value is -2.61. The number of methoxy groups -OCH3 is 1. The number of benzene rings is 1. The van der Waals surface area contributed by atoms with E-state index in [4.69, 9.17) is 14.1 Å². The number of guanidine groups is 1. The minimum atomic E-state index is -0.345. The van der Waals surface area contributed by atoms with Gasteiger partial charge in [-0.05, 0) is 70.3 Å². The highest BCUT2D eigenvalue weighted by Gasteiger charge is 2.21. The van der Waals surface area contributed by atoms with Gasteiger partial charge in [0, 0.05) is 26.7 Å². The molecule has 1 saturated heterocycles. The number of likely N-dealkylation sites (tertiary alicyclic amines) is 1. The van der Waals surface area contributed by atoms with Gasteiger partial charge in [-0.25, -0.2) is 9.37 Å². The lowest BCUT2D eigenvalue weighted by atomic mass is 9.97. The van der Waals surface area contributed by atoms with E-state index in [0.29, 0.717) is 12.5 Å². The van der Waals surface area contributed by atoms with Crippen LogP contribution in [0.3, 0.4) is 0 Å². The number of rotatable bonds is 8. The van der Waals surface area contributed by atoms with Crippen molar-refractivity contribution in [1.29, 1.82) is 0 Å². The zero-order valence-electron chi connectivity index (χ0n) is 19.9. The zero-order chi connectivity index (χ0) is 23.1. The molecule has 1 aromatic carbocycles. The number of aromatic nitrogens is 1. The molecular formula is C24H36FN5O2. The van der Waals surface area contributed by atoms with Gasteiger partial charge in [0.05, 0.1) is 19.3 Å². The number of hydrogen-bond donors (Lipinski definition) is 1. The number of hydrogen-bond acceptors (Lipinski definition) is 5. The molecule has 0 radical (unpaired) electrons. The molecule has 8 heteroatoms. The molecule has 1 aliphatic heterocycles. The minimum absolute atomic E-state index is 0.261. The molecular weight excluding hydrogens is 409 g/mol. The van der Waals surface area contributed by atoms with Gasteiger partial charge in [-0.3, -0.25) is 9.89 Å². The second-order valence-corrected chi connectivity index (χ2v) is 8.49. The number of nitrogens with zero attached hydrogens (tertiary/aromatic N) is 4. The summed E-state index contributed by atoms with van der Waals surface area (Å²) in [7, 11) is 3.45. The van der Waals surface area contributed by atoms with Crippen LogP contribution in [0.25, 0.3) is 0 Å². The maximum Gasteiger partial charge on any atom is 0.208 e. The number of aliphatic imine (C=N–C) groups is 1. The van der Waals surface area contributed by atoms with Crippen molar-refractivity contribution < 1.29 is 13.5 Å². The Morgan fingerprint density at radius 1 is 1.34 bits per heavy atom. The Kier molecular flexibility index (Phi) is 8.50. The van der Waals surface area contributed by atoms with Crippen LogP contribution in [0.5, 0.6) is 5.75 Å². The largest absolute Gasteiger partial charge is 0.494 e. The zero-order valence-corrected chi connectivity index (χ0v) is 19.9. The molecule has 0 unspecified atom stereocenters. The van der Waals surface area contributed by atoms with Crippen LogP contribution >= 0.6 is 0 Å². The van der Waals surface area contributed by atoms with Gasteiger partial charge in [0.2, 0.25) is 5.89 Å². The van der Waals surface area contributed by atoms with Crippen LogP contribution in [0.4, 0.5) is 4.39 Å². The van der Waals surface area contributed by atoms with Gasteiger partial charge in [-0.2, -0.15) is 0 Å². The van der Waals surface area contributed by atoms with Crippen LogP contribution in [0.2, 0.25) is 0 Å². The Bertz CT molecular complexity index is 886. The van der Waals surface area contributed by atoms with Crippen LogP contribution in [0.1, 0.15) is 42.7 Å². The van der Waals surface area contributed by atoms with Gasteiger partial charge in [-0.1, -0.05) is 6.07 Å². The molecule has 0 atom stereocenters. The third-order valence-corrected chi connectivity index (χ3v) is 5.97. The lowest BCUT2D eigenvalue weighted by Crippen LogP contribution is -2.39. The maximum atomic E-state index is 14.0. The smallest absolute Gasteiger partial charge is 0.208 e. The van der Waals surface area contributed by atoms with E-state index in [-0.39, 0.29) is 11.6 Å². The molecule has 2 heterocycles. The van der Waals surface area contributed by atoms with Crippen LogP contribution in [-0.4, -0.2) is 61.1 Å². The summed E-state index contributed by atoms with van der Waals surface area (Å²) in [5.74, 6) is 3.03. The Morgan fingerprint density at radius 3 is 2.69 bits per heavy atom. The highest BCUT2D eigenvalue weighted by atomic mass is 19.1. The SMILES string of the molecule is CCNC(=NCC1CCN(Cc2nc(C)c(C)o2)CC1)N(C)Cc1ccc(OC)c(F)c1. The highest BCUT2D eigenvalue weighted by Crippen LogP contribution is 2.21. The minimum Gasteiger partial charge on any atom is -0.494 e. The van der Waals surface area contributed by atoms with Gasteiger partial charge < -0.3 is 19.4 Å². The van der Waals surface area contributed by atoms with Gasteiger partial charge in [0.15, 0.2) is 17.5 Å². The monoisotopic (exact) mass is 445 g/mol. The first-order valence-electron chi connectivity index (χ1n) is 11.4. The van der Waals surface area contributed by atoms with Crippen LogP contribution < -0.4 is 10.1 Å². The predicted molar refractivity (Wildman–Crippen MR) is 124 cm³/mol. The summed E-state index contributed by atoms with van der Waals surface area (Å²) in [6.45, 7) is 11.0. The van der Waals surface area contributed by atoms with Crippen molar-refractivity contribution in [2.24, 2.45) is 10.9 Å². The van der Waals surface area contributed by atoms with Crippen molar-refractivity contribution in [1.82, 2.24) is 20.1 Å². The van der Waals surface area contributed by atoms with Crippen molar-refractivity contribution in [2.75, 3.05) is 40.3 Å². The van der Waals surface area contributed by atoms with Gasteiger partial charge in [0.1, 0.15) is 5.76 Å². The van der Waals surface area contributed by atoms with Gasteiger partial charge in [-0.15, -0.1) is 0 Å². The molecule has 1 fully saturated rings. The third-order valence-electron chi connectivity index (χ3n) is 5.97. The summed E-state index contributed by atoms with van der Waals surface area (Å²) < 4.78 is 24.8. The van der Waals surface area contributed by atoms with Crippen LogP contribution in [0, 0.1) is 25.6 Å². The molecule has 0 saturated carbocycles. The predicted octanol–water partition coefficient (Wildman–Crippen LogP) is 3.75. The van der Waals surface area contributed by atoms with E-state index in [2.05, 4.69) is 22.1 Å². The Labute approximate surface area is 190 Å². The average molecular weight is 446 g/mol. The fourth-order valence-electron chi connectivity index (χ4n) is 3.97. The van der Waals surface area contributed by atoms with Crippen LogP contribution in [0.15, 0.2) is 27.6 Å². The number of ether oxygens (including phenoxy) is 1. The molecule has 1 N–H and O–H groups in total. The van der Waals surface area contributed by atoms with E-state index in [1.54, 1.807) is 6.07 Å². The van der Waals surface area contributed by atoms with Gasteiger partial charge in [0.25, 0.3) is 0 Å². The molecule has 0 aliphatic carbocycles. The normalized spacial score (nSPS) is 15.8. The summed E-state index contributed by atoms with van der Waals surface area (Å²) in [6, 6.07) is 5.07. The Morgan fingerprint density at radius 2 is 2.09 bits per heavy atom. The topological polar surface area (TPSA) is 66.1 Å². The van der Waals surface area contributed by atoms with Crippen molar-refractivity contribution in [3.63, 3.8) is 0 Å². The molecule has 0 bridgehead atoms. The van der Waals surface area contributed by atoms with E-state index in [9.17, 15) is 4.39 Å². The lowest BCUT2D eigenvalue weighted by Gasteiger charge is -2.30. The number of piperidine rings is 1. The third kappa shape index (κ3) is 6.45. The van der Waals surface area contributed by atoms with E-state index in [0.717, 1.165) is 74.4 Å². The first kappa shape index (κ1) is 24.0. The van der Waals surface area contributed by atoms with E-state index < -0.39 is 0 Å².